The predicted molar refractivity (Wildman–Crippen MR) is 561 cm³/mol. The Morgan fingerprint density at radius 2 is 0.549 bits per heavy atom. The van der Waals surface area contributed by atoms with E-state index in [1.807, 2.05) is 274 Å². The number of fused-ring (bicyclic) bond motifs is 4. The number of aryl methyl sites for hydroxylation is 11. The summed E-state index contributed by atoms with van der Waals surface area (Å²) >= 11 is 0. The molecular weight excluding hydrogens is 1790 g/mol. The Balaban J connectivity index is 0.000000117. The van der Waals surface area contributed by atoms with Crippen molar-refractivity contribution in [3.05, 3.63) is 480 Å². The molecule has 0 saturated carbocycles. The van der Waals surface area contributed by atoms with E-state index < -0.39 is 13.7 Å². The SMILES string of the molecule is Cc1noc(C)c1-c1cnc2c(-c3ccc(C#N)nc3)cn([C@H](c3ccccc3)c3ccccn3)c2c1.Cc1noc(C)c1-c1cnc2c(-c3cnn(C)c3)cn([C@H](c3ccccc3)c3ccccn3)c2c1.[2H]C([2H])([2H])c1ccc(-c2cn([C@@H](c3ccccc3)c3ccccn3)c3cc(-c4c(C)noc4C)cnc23)cc1.[2H]C([2H])([2H])c1ccc(-c2cn([C@H](c3ccccc3)c3ccccn3)c3cc(-c4c(C)noc4C)cnc23)cc1. The standard InChI is InChI=1S/2C31H26N4O.C30H22N6O.C28H24N6O/c2*1-20-12-14-23(15-13-20)26-19-35(31(24-9-5-4-6-10-24)27-11-7-8-16-32-27)28-17-25(18-33-30(26)28)29-21(2)34-36-22(29)3;1-19-28(20(2)37-35-19)23-14-27-29(34-17-23)25(22-11-12-24(15-31)33-16-22)18-36(27)30(21-8-4-3-5-9-21)26-10-6-7-13-32-26;1-18-26(19(2)35-32-18)21-13-25-27(30-14-21)23(22-15-31-33(3)16-22)17-34(25)28(20-9-5-4-6-10-20)24-11-7-8-12-29-24/h2*4-19,31H,1-3H3;3-14,16-18,30H,1-2H3;4-17,28H,1-3H3/t2*31-;30-;28-/m1011/s1/i2*1D3;;. The third kappa shape index (κ3) is 18.2. The van der Waals surface area contributed by atoms with Crippen LogP contribution in [-0.4, -0.2) is 93.5 Å². The van der Waals surface area contributed by atoms with Gasteiger partial charge in [0, 0.05) is 180 Å². The number of hydrogen-bond donors (Lipinski definition) is 0. The van der Waals surface area contributed by atoms with Crippen LogP contribution in [0.3, 0.4) is 0 Å². The van der Waals surface area contributed by atoms with E-state index in [-0.39, 0.29) is 24.2 Å². The van der Waals surface area contributed by atoms with E-state index >= 15 is 0 Å². The van der Waals surface area contributed by atoms with Gasteiger partial charge < -0.3 is 36.4 Å². The van der Waals surface area contributed by atoms with Crippen LogP contribution < -0.4 is 0 Å². The molecule has 18 heterocycles. The largest absolute Gasteiger partial charge is 0.361 e. The van der Waals surface area contributed by atoms with Gasteiger partial charge in [0.25, 0.3) is 0 Å². The lowest BCUT2D eigenvalue weighted by Gasteiger charge is -2.20. The molecule has 0 unspecified atom stereocenters. The van der Waals surface area contributed by atoms with Crippen molar-refractivity contribution in [1.29, 1.82) is 5.26 Å². The van der Waals surface area contributed by atoms with E-state index in [9.17, 15) is 5.26 Å². The number of benzene rings is 6. The van der Waals surface area contributed by atoms with Gasteiger partial charge in [0.2, 0.25) is 0 Å². The molecule has 0 bridgehead atoms. The zero-order valence-corrected chi connectivity index (χ0v) is 80.1. The summed E-state index contributed by atoms with van der Waals surface area (Å²) < 4.78 is 79.0. The van der Waals surface area contributed by atoms with E-state index in [0.717, 1.165) is 224 Å². The molecule has 6 aromatic carbocycles. The van der Waals surface area contributed by atoms with Gasteiger partial charge in [-0.1, -0.05) is 226 Å². The maximum Gasteiger partial charge on any atom is 0.141 e. The smallest absolute Gasteiger partial charge is 0.141 e. The van der Waals surface area contributed by atoms with Gasteiger partial charge in [-0.15, -0.1) is 0 Å². The van der Waals surface area contributed by atoms with Crippen LogP contribution >= 0.6 is 0 Å². The minimum Gasteiger partial charge on any atom is -0.361 e. The van der Waals surface area contributed by atoms with E-state index in [2.05, 4.69) is 171 Å². The van der Waals surface area contributed by atoms with Crippen molar-refractivity contribution in [2.24, 2.45) is 7.05 Å². The molecule has 0 aliphatic carbocycles. The van der Waals surface area contributed by atoms with Gasteiger partial charge >= 0.3 is 0 Å². The van der Waals surface area contributed by atoms with Gasteiger partial charge in [-0.2, -0.15) is 10.4 Å². The molecule has 0 aliphatic heterocycles. The molecule has 0 N–H and O–H groups in total. The van der Waals surface area contributed by atoms with Crippen molar-refractivity contribution in [1.82, 2.24) is 93.5 Å². The monoisotopic (exact) mass is 1890 g/mol. The van der Waals surface area contributed by atoms with Crippen molar-refractivity contribution in [3.8, 4) is 95.1 Å². The predicted octanol–water partition coefficient (Wildman–Crippen LogP) is 26.6. The first kappa shape index (κ1) is 84.6. The fourth-order valence-corrected chi connectivity index (χ4v) is 19.4. The van der Waals surface area contributed by atoms with Crippen LogP contribution in [0.5, 0.6) is 0 Å². The van der Waals surface area contributed by atoms with E-state index in [4.69, 9.17) is 66.2 Å². The van der Waals surface area contributed by atoms with Gasteiger partial charge in [-0.05, 0) is 187 Å². The fourth-order valence-electron chi connectivity index (χ4n) is 19.4. The van der Waals surface area contributed by atoms with Crippen molar-refractivity contribution in [3.63, 3.8) is 0 Å². The molecule has 24 heteroatoms. The molecule has 18 aromatic heterocycles. The molecule has 702 valence electrons. The van der Waals surface area contributed by atoms with E-state index in [1.54, 1.807) is 48.9 Å². The van der Waals surface area contributed by atoms with Gasteiger partial charge in [0.05, 0.1) is 95.9 Å². The van der Waals surface area contributed by atoms with Crippen LogP contribution in [0.4, 0.5) is 0 Å². The third-order valence-corrected chi connectivity index (χ3v) is 26.0. The molecule has 0 fully saturated rings. The molecule has 24 nitrogen and oxygen atoms in total. The maximum absolute atomic E-state index is 9.22. The zero-order valence-electron chi connectivity index (χ0n) is 86.1. The van der Waals surface area contributed by atoms with Crippen LogP contribution in [0.25, 0.3) is 133 Å². The fraction of sp³-hybridized carbons (Fsp3) is 0.125. The topological polar surface area (TPSA) is 281 Å². The molecule has 0 radical (unpaired) electrons. The third-order valence-electron chi connectivity index (χ3n) is 26.0. The summed E-state index contributed by atoms with van der Waals surface area (Å²) in [6, 6.07) is 92.7. The number of hydrogen-bond acceptors (Lipinski definition) is 19. The van der Waals surface area contributed by atoms with Gasteiger partial charge in [-0.25, -0.2) is 4.98 Å². The number of nitrogens with zero attached hydrogens (tertiary/aromatic N) is 20. The minimum atomic E-state index is -2.16. The molecule has 0 saturated heterocycles. The summed E-state index contributed by atoms with van der Waals surface area (Å²) in [6.07, 6.45) is 28.8. The van der Waals surface area contributed by atoms with Crippen LogP contribution in [0.1, 0.15) is 140 Å². The molecule has 144 heavy (non-hydrogen) atoms. The minimum absolute atomic E-state index is 0.132. The lowest BCUT2D eigenvalue weighted by atomic mass is 10.0. The second kappa shape index (κ2) is 40.1. The molecular formula is C120H98N20O4. The summed E-state index contributed by atoms with van der Waals surface area (Å²) in [6.45, 7) is 11.1. The molecule has 24 aromatic rings. The first-order valence-electron chi connectivity index (χ1n) is 50.0. The van der Waals surface area contributed by atoms with E-state index in [0.29, 0.717) is 16.8 Å². The number of aromatic nitrogens is 19. The Bertz CT molecular complexity index is 8470. The van der Waals surface area contributed by atoms with Crippen LogP contribution in [0.15, 0.2) is 390 Å². The second-order valence-corrected chi connectivity index (χ2v) is 35.3. The van der Waals surface area contributed by atoms with Crippen molar-refractivity contribution in [2.75, 3.05) is 0 Å². The Morgan fingerprint density at radius 1 is 0.278 bits per heavy atom. The number of pyridine rings is 9. The van der Waals surface area contributed by atoms with Crippen LogP contribution in [0.2, 0.25) is 0 Å². The Kier molecular flexibility index (Phi) is 23.5. The molecule has 0 aliphatic rings. The Hall–Kier alpha value is -18.6. The normalized spacial score (nSPS) is 12.9. The zero-order chi connectivity index (χ0) is 104. The highest BCUT2D eigenvalue weighted by Crippen LogP contribution is 2.46. The van der Waals surface area contributed by atoms with Gasteiger partial charge in [0.1, 0.15) is 59.0 Å². The highest BCUT2D eigenvalue weighted by Gasteiger charge is 2.31. The highest BCUT2D eigenvalue weighted by molar-refractivity contribution is 5.99. The lowest BCUT2D eigenvalue weighted by molar-refractivity contribution is 0.393. The molecule has 24 rings (SSSR count). The number of rotatable bonds is 20. The molecule has 0 spiro atoms. The summed E-state index contributed by atoms with van der Waals surface area (Å²) in [4.78, 5) is 43.0. The van der Waals surface area contributed by atoms with E-state index in [1.165, 1.54) is 0 Å². The highest BCUT2D eigenvalue weighted by atomic mass is 16.5. The Labute approximate surface area is 839 Å². The molecule has 4 atom stereocenters. The first-order valence-corrected chi connectivity index (χ1v) is 47.0. The molecule has 0 amide bonds. The number of nitriles is 1. The van der Waals surface area contributed by atoms with Crippen LogP contribution in [0, 0.1) is 80.4 Å². The van der Waals surface area contributed by atoms with Crippen molar-refractivity contribution in [2.45, 2.75) is 93.3 Å². The second-order valence-electron chi connectivity index (χ2n) is 35.3. The van der Waals surface area contributed by atoms with Gasteiger partial charge in [0.15, 0.2) is 0 Å². The van der Waals surface area contributed by atoms with Crippen molar-refractivity contribution >= 4 is 44.1 Å². The van der Waals surface area contributed by atoms with Crippen LogP contribution in [-0.2, 0) is 7.05 Å². The summed E-state index contributed by atoms with van der Waals surface area (Å²) in [5, 5.41) is 30.2. The average Bonchev–Trinajstić information content (AvgIpc) is 1.61. The van der Waals surface area contributed by atoms with Crippen molar-refractivity contribution < 1.29 is 26.3 Å². The van der Waals surface area contributed by atoms with Gasteiger partial charge in [-0.3, -0.25) is 44.6 Å². The quantitative estimate of drug-likeness (QED) is 0.0685. The summed E-state index contributed by atoms with van der Waals surface area (Å²) in [5.74, 6) is 2.99. The lowest BCUT2D eigenvalue weighted by Crippen LogP contribution is -2.13. The first-order chi connectivity index (χ1) is 72.9. The summed E-state index contributed by atoms with van der Waals surface area (Å²) in [5.41, 5.74) is 34.4. The average molecular weight is 1890 g/mol. The summed E-state index contributed by atoms with van der Waals surface area (Å²) in [7, 11) is 1.92. The Morgan fingerprint density at radius 3 is 0.785 bits per heavy atom. The maximum atomic E-state index is 9.22.